The number of anilines is 2. The maximum atomic E-state index is 13.3. The molecule has 3 aromatic carbocycles. The van der Waals surface area contributed by atoms with E-state index < -0.39 is 0 Å². The van der Waals surface area contributed by atoms with Gasteiger partial charge in [-0.05, 0) is 47.9 Å². The molecule has 2 N–H and O–H groups in total. The monoisotopic (exact) mass is 472 g/mol. The van der Waals surface area contributed by atoms with Gasteiger partial charge in [-0.3, -0.25) is 14.4 Å². The second-order valence-electron chi connectivity index (χ2n) is 8.49. The minimum atomic E-state index is -0.297. The molecule has 0 spiro atoms. The van der Waals surface area contributed by atoms with Crippen LogP contribution < -0.4 is 10.6 Å². The molecule has 0 saturated carbocycles. The minimum Gasteiger partial charge on any atom is -0.338 e. The number of thiazole rings is 1. The number of hydrogen-bond acceptors (Lipinski definition) is 5. The Bertz CT molecular complexity index is 1410. The first-order valence-electron chi connectivity index (χ1n) is 11.2. The van der Waals surface area contributed by atoms with Gasteiger partial charge in [-0.2, -0.15) is 0 Å². The second-order valence-corrected chi connectivity index (χ2v) is 9.52. The summed E-state index contributed by atoms with van der Waals surface area (Å²) in [5, 5.41) is 8.15. The molecule has 3 amide bonds. The second kappa shape index (κ2) is 9.23. The number of nitrogens with zero attached hydrogens (tertiary/aromatic N) is 2. The van der Waals surface area contributed by atoms with E-state index in [1.807, 2.05) is 54.6 Å². The fraction of sp³-hybridized carbons (Fsp3) is 0.231. The highest BCUT2D eigenvalue weighted by Crippen LogP contribution is 2.30. The Kier molecular flexibility index (Phi) is 5.98. The van der Waals surface area contributed by atoms with Gasteiger partial charge in [-0.1, -0.05) is 47.7 Å². The zero-order chi connectivity index (χ0) is 23.7. The lowest BCUT2D eigenvalue weighted by atomic mass is 9.95. The van der Waals surface area contributed by atoms with Crippen LogP contribution in [0, 0.1) is 5.92 Å². The summed E-state index contributed by atoms with van der Waals surface area (Å²) in [7, 11) is 0. The minimum absolute atomic E-state index is 0.0419. The molecule has 2 heterocycles. The number of benzene rings is 3. The summed E-state index contributed by atoms with van der Waals surface area (Å²) in [5.41, 5.74) is 2.11. The van der Waals surface area contributed by atoms with E-state index in [1.165, 1.54) is 18.3 Å². The van der Waals surface area contributed by atoms with Crippen LogP contribution in [-0.2, 0) is 9.59 Å². The lowest BCUT2D eigenvalue weighted by Crippen LogP contribution is -2.43. The number of nitrogens with one attached hydrogen (secondary N) is 2. The van der Waals surface area contributed by atoms with Crippen LogP contribution in [-0.4, -0.2) is 40.7 Å². The molecule has 0 bridgehead atoms. The summed E-state index contributed by atoms with van der Waals surface area (Å²) >= 11 is 1.36. The van der Waals surface area contributed by atoms with Gasteiger partial charge in [0.15, 0.2) is 5.13 Å². The molecule has 7 nitrogen and oxygen atoms in total. The molecule has 4 aromatic rings. The van der Waals surface area contributed by atoms with Crippen LogP contribution in [0.15, 0.2) is 60.7 Å². The Morgan fingerprint density at radius 3 is 2.71 bits per heavy atom. The quantitative estimate of drug-likeness (QED) is 0.442. The van der Waals surface area contributed by atoms with Crippen LogP contribution in [0.4, 0.5) is 10.8 Å². The summed E-state index contributed by atoms with van der Waals surface area (Å²) in [5.74, 6) is -0.608. The van der Waals surface area contributed by atoms with Gasteiger partial charge in [-0.15, -0.1) is 0 Å². The number of hydrogen-bond donors (Lipinski definition) is 2. The van der Waals surface area contributed by atoms with Crippen LogP contribution in [0.1, 0.15) is 30.1 Å². The van der Waals surface area contributed by atoms with Crippen LogP contribution >= 0.6 is 11.3 Å². The van der Waals surface area contributed by atoms with Crippen LogP contribution in [0.5, 0.6) is 0 Å². The van der Waals surface area contributed by atoms with Gasteiger partial charge >= 0.3 is 0 Å². The Morgan fingerprint density at radius 1 is 1.03 bits per heavy atom. The molecule has 0 aliphatic carbocycles. The predicted octanol–water partition coefficient (Wildman–Crippen LogP) is 4.90. The van der Waals surface area contributed by atoms with Crippen molar-refractivity contribution in [3.8, 4) is 0 Å². The normalized spacial score (nSPS) is 15.9. The number of aromatic nitrogens is 1. The molecule has 1 fully saturated rings. The Labute approximate surface area is 200 Å². The van der Waals surface area contributed by atoms with Crippen molar-refractivity contribution in [3.63, 3.8) is 0 Å². The molecule has 34 heavy (non-hydrogen) atoms. The molecule has 0 radical (unpaired) electrons. The number of likely N-dealkylation sites (tertiary alicyclic amines) is 1. The molecule has 5 rings (SSSR count). The average molecular weight is 473 g/mol. The highest BCUT2D eigenvalue weighted by Gasteiger charge is 2.30. The predicted molar refractivity (Wildman–Crippen MR) is 135 cm³/mol. The third kappa shape index (κ3) is 4.49. The number of piperidine rings is 1. The van der Waals surface area contributed by atoms with Crippen molar-refractivity contribution < 1.29 is 14.4 Å². The average Bonchev–Trinajstić information content (AvgIpc) is 3.24. The zero-order valence-electron chi connectivity index (χ0n) is 18.7. The van der Waals surface area contributed by atoms with E-state index in [2.05, 4.69) is 15.6 Å². The summed E-state index contributed by atoms with van der Waals surface area (Å²) in [6.45, 7) is 2.48. The van der Waals surface area contributed by atoms with E-state index in [-0.39, 0.29) is 23.6 Å². The summed E-state index contributed by atoms with van der Waals surface area (Å²) in [6.07, 6.45) is 1.50. The highest BCUT2D eigenvalue weighted by atomic mass is 32.1. The van der Waals surface area contributed by atoms with Crippen molar-refractivity contribution in [1.82, 2.24) is 9.88 Å². The molecule has 1 saturated heterocycles. The van der Waals surface area contributed by atoms with Crippen molar-refractivity contribution in [2.24, 2.45) is 5.92 Å². The van der Waals surface area contributed by atoms with Gasteiger partial charge in [0, 0.05) is 31.3 Å². The molecule has 1 aliphatic heterocycles. The Morgan fingerprint density at radius 2 is 1.85 bits per heavy atom. The topological polar surface area (TPSA) is 91.4 Å². The van der Waals surface area contributed by atoms with Gasteiger partial charge in [0.05, 0.1) is 16.1 Å². The SMILES string of the molecule is CC(=O)Nc1ccc2nc(NC(=O)C3CCCN(C(=O)c4cccc5ccccc45)C3)sc2c1. The Balaban J connectivity index is 1.29. The van der Waals surface area contributed by atoms with Crippen LogP contribution in [0.3, 0.4) is 0 Å². The van der Waals surface area contributed by atoms with Gasteiger partial charge in [-0.25, -0.2) is 4.98 Å². The molecule has 172 valence electrons. The van der Waals surface area contributed by atoms with E-state index in [0.717, 1.165) is 33.8 Å². The Hall–Kier alpha value is -3.78. The zero-order valence-corrected chi connectivity index (χ0v) is 19.5. The number of amides is 3. The molecular weight excluding hydrogens is 448 g/mol. The molecule has 1 aliphatic rings. The molecule has 1 atom stereocenters. The standard InChI is InChI=1S/C26H24N4O3S/c1-16(31)27-19-11-12-22-23(14-19)34-26(28-22)29-24(32)18-8-5-13-30(15-18)25(33)21-10-4-7-17-6-2-3-9-20(17)21/h2-4,6-7,9-12,14,18H,5,8,13,15H2,1H3,(H,27,31)(H,28,29,32). The van der Waals surface area contributed by atoms with Crippen molar-refractivity contribution in [2.45, 2.75) is 19.8 Å². The third-order valence-electron chi connectivity index (χ3n) is 6.04. The maximum Gasteiger partial charge on any atom is 0.254 e. The summed E-state index contributed by atoms with van der Waals surface area (Å²) in [6, 6.07) is 19.0. The van der Waals surface area contributed by atoms with E-state index in [0.29, 0.717) is 29.5 Å². The number of carbonyl (C=O) groups is 3. The van der Waals surface area contributed by atoms with Crippen LogP contribution in [0.25, 0.3) is 21.0 Å². The number of carbonyl (C=O) groups excluding carboxylic acids is 3. The van der Waals surface area contributed by atoms with Crippen molar-refractivity contribution in [3.05, 3.63) is 66.2 Å². The first-order valence-corrected chi connectivity index (χ1v) is 12.1. The van der Waals surface area contributed by atoms with E-state index >= 15 is 0 Å². The van der Waals surface area contributed by atoms with Crippen molar-refractivity contribution in [1.29, 1.82) is 0 Å². The van der Waals surface area contributed by atoms with Crippen molar-refractivity contribution in [2.75, 3.05) is 23.7 Å². The van der Waals surface area contributed by atoms with Gasteiger partial charge < -0.3 is 15.5 Å². The third-order valence-corrected chi connectivity index (χ3v) is 6.97. The molecule has 1 aromatic heterocycles. The molecular formula is C26H24N4O3S. The summed E-state index contributed by atoms with van der Waals surface area (Å²) < 4.78 is 0.873. The van der Waals surface area contributed by atoms with Gasteiger partial charge in [0.25, 0.3) is 5.91 Å². The van der Waals surface area contributed by atoms with Gasteiger partial charge in [0.1, 0.15) is 0 Å². The molecule has 8 heteroatoms. The first-order chi connectivity index (χ1) is 16.5. The van der Waals surface area contributed by atoms with Gasteiger partial charge in [0.2, 0.25) is 11.8 Å². The van der Waals surface area contributed by atoms with E-state index in [1.54, 1.807) is 11.0 Å². The molecule has 1 unspecified atom stereocenters. The fourth-order valence-electron chi connectivity index (χ4n) is 4.42. The van der Waals surface area contributed by atoms with Crippen LogP contribution in [0.2, 0.25) is 0 Å². The number of fused-ring (bicyclic) bond motifs is 2. The summed E-state index contributed by atoms with van der Waals surface area (Å²) in [4.78, 5) is 43.9. The lowest BCUT2D eigenvalue weighted by molar-refractivity contribution is -0.121. The first kappa shape index (κ1) is 22.0. The fourth-order valence-corrected chi connectivity index (χ4v) is 5.33. The lowest BCUT2D eigenvalue weighted by Gasteiger charge is -2.32. The highest BCUT2D eigenvalue weighted by molar-refractivity contribution is 7.22. The van der Waals surface area contributed by atoms with E-state index in [4.69, 9.17) is 0 Å². The van der Waals surface area contributed by atoms with E-state index in [9.17, 15) is 14.4 Å². The largest absolute Gasteiger partial charge is 0.338 e. The van der Waals surface area contributed by atoms with Crippen molar-refractivity contribution >= 4 is 60.9 Å². The smallest absolute Gasteiger partial charge is 0.254 e. The maximum absolute atomic E-state index is 13.3. The number of rotatable bonds is 4.